The lowest BCUT2D eigenvalue weighted by molar-refractivity contribution is -0.527. The first-order valence-corrected chi connectivity index (χ1v) is 9.90. The number of esters is 2. The van der Waals surface area contributed by atoms with E-state index >= 15 is 8.78 Å². The van der Waals surface area contributed by atoms with Crippen molar-refractivity contribution in [1.29, 1.82) is 0 Å². The van der Waals surface area contributed by atoms with Gasteiger partial charge in [-0.25, -0.2) is 9.59 Å². The minimum atomic E-state index is -5.63. The molecule has 0 N–H and O–H groups in total. The molecule has 0 radical (unpaired) electrons. The second-order valence-corrected chi connectivity index (χ2v) is 7.03. The van der Waals surface area contributed by atoms with E-state index in [9.17, 15) is 27.2 Å². The Morgan fingerprint density at radius 1 is 0.618 bits per heavy atom. The molecular weight excluding hydrogens is 474 g/mol. The SMILES string of the molecule is CCOC(=O)c1ccc(OC2(F)C(F)(F)C(F)(F)C2(F)Oc2ccc(C(=O)OCC)cc2)cc1. The fourth-order valence-electron chi connectivity index (χ4n) is 3.08. The lowest BCUT2D eigenvalue weighted by Crippen LogP contribution is -2.89. The molecule has 0 bridgehead atoms. The molecule has 1 saturated carbocycles. The monoisotopic (exact) mass is 492 g/mol. The number of carbonyl (C=O) groups is 2. The van der Waals surface area contributed by atoms with Crippen LogP contribution < -0.4 is 9.47 Å². The van der Waals surface area contributed by atoms with E-state index in [0.29, 0.717) is 0 Å². The van der Waals surface area contributed by atoms with Crippen LogP contribution in [0.5, 0.6) is 11.5 Å². The van der Waals surface area contributed by atoms with Crippen LogP contribution in [0.2, 0.25) is 0 Å². The third-order valence-electron chi connectivity index (χ3n) is 4.86. The Hall–Kier alpha value is -3.44. The maximum atomic E-state index is 15.2. The summed E-state index contributed by atoms with van der Waals surface area (Å²) in [5, 5.41) is 0. The normalized spacial score (nSPS) is 24.5. The molecule has 1 fully saturated rings. The van der Waals surface area contributed by atoms with Crippen LogP contribution in [-0.2, 0) is 9.47 Å². The van der Waals surface area contributed by atoms with Gasteiger partial charge in [0.25, 0.3) is 0 Å². The van der Waals surface area contributed by atoms with E-state index in [4.69, 9.17) is 9.47 Å². The van der Waals surface area contributed by atoms with Gasteiger partial charge in [0.1, 0.15) is 11.5 Å². The van der Waals surface area contributed by atoms with E-state index in [0.717, 1.165) is 48.5 Å². The average molecular weight is 492 g/mol. The van der Waals surface area contributed by atoms with Crippen molar-refractivity contribution < 1.29 is 54.9 Å². The molecule has 184 valence electrons. The highest BCUT2D eigenvalue weighted by Gasteiger charge is 3.03. The lowest BCUT2D eigenvalue weighted by Gasteiger charge is -2.55. The second-order valence-electron chi connectivity index (χ2n) is 7.03. The topological polar surface area (TPSA) is 71.1 Å². The number of halogens is 6. The molecule has 2 aromatic carbocycles. The van der Waals surface area contributed by atoms with Crippen LogP contribution in [0.15, 0.2) is 48.5 Å². The van der Waals surface area contributed by atoms with Gasteiger partial charge in [-0.2, -0.15) is 26.3 Å². The Kier molecular flexibility index (Phi) is 6.47. The predicted molar refractivity (Wildman–Crippen MR) is 104 cm³/mol. The minimum absolute atomic E-state index is 0.0362. The second kappa shape index (κ2) is 8.73. The predicted octanol–water partition coefficient (Wildman–Crippen LogP) is 5.11. The molecule has 0 spiro atoms. The first kappa shape index (κ1) is 25.2. The van der Waals surface area contributed by atoms with Crippen LogP contribution >= 0.6 is 0 Å². The van der Waals surface area contributed by atoms with Gasteiger partial charge in [0.15, 0.2) is 0 Å². The van der Waals surface area contributed by atoms with Gasteiger partial charge in [0, 0.05) is 0 Å². The smallest absolute Gasteiger partial charge is 0.395 e. The summed E-state index contributed by atoms with van der Waals surface area (Å²) >= 11 is 0. The Morgan fingerprint density at radius 3 is 1.18 bits per heavy atom. The van der Waals surface area contributed by atoms with Crippen LogP contribution in [0, 0.1) is 0 Å². The highest BCUT2D eigenvalue weighted by atomic mass is 19.3. The van der Waals surface area contributed by atoms with Gasteiger partial charge in [-0.3, -0.25) is 0 Å². The zero-order valence-corrected chi connectivity index (χ0v) is 17.8. The van der Waals surface area contributed by atoms with Gasteiger partial charge in [-0.15, -0.1) is 0 Å². The van der Waals surface area contributed by atoms with Gasteiger partial charge < -0.3 is 18.9 Å². The van der Waals surface area contributed by atoms with Crippen LogP contribution in [0.1, 0.15) is 34.6 Å². The Morgan fingerprint density at radius 2 is 0.912 bits per heavy atom. The highest BCUT2D eigenvalue weighted by molar-refractivity contribution is 5.90. The Bertz CT molecular complexity index is 973. The third kappa shape index (κ3) is 3.70. The number of hydrogen-bond donors (Lipinski definition) is 0. The molecule has 34 heavy (non-hydrogen) atoms. The number of benzene rings is 2. The van der Waals surface area contributed by atoms with Crippen molar-refractivity contribution in [3.8, 4) is 11.5 Å². The van der Waals surface area contributed by atoms with Gasteiger partial charge in [-0.1, -0.05) is 0 Å². The zero-order chi connectivity index (χ0) is 25.4. The quantitative estimate of drug-likeness (QED) is 0.377. The summed E-state index contributed by atoms with van der Waals surface area (Å²) in [4.78, 5) is 23.3. The standard InChI is InChI=1S/C22H18F6O6/c1-3-31-17(29)13-5-9-15(10-6-13)33-21(27)19(23,24)20(25,26)22(21,28)34-16-11-7-14(8-12-16)18(30)32-4-2/h5-12H,3-4H2,1-2H3. The van der Waals surface area contributed by atoms with Crippen LogP contribution in [0.3, 0.4) is 0 Å². The first-order valence-electron chi connectivity index (χ1n) is 9.90. The molecular formula is C22H18F6O6. The molecule has 1 aliphatic carbocycles. The number of carbonyl (C=O) groups excluding carboxylic acids is 2. The van der Waals surface area contributed by atoms with Crippen molar-refractivity contribution >= 4 is 11.9 Å². The largest absolute Gasteiger partial charge is 0.462 e. The summed E-state index contributed by atoms with van der Waals surface area (Å²) in [6, 6.07) is 7.15. The summed E-state index contributed by atoms with van der Waals surface area (Å²) in [6.07, 6.45) is 0. The van der Waals surface area contributed by atoms with Gasteiger partial charge >= 0.3 is 35.5 Å². The first-order chi connectivity index (χ1) is 15.8. The van der Waals surface area contributed by atoms with E-state index in [1.54, 1.807) is 0 Å². The van der Waals surface area contributed by atoms with E-state index in [2.05, 4.69) is 9.47 Å². The molecule has 6 nitrogen and oxygen atoms in total. The van der Waals surface area contributed by atoms with Gasteiger partial charge in [0.2, 0.25) is 0 Å². The third-order valence-corrected chi connectivity index (χ3v) is 4.86. The number of rotatable bonds is 8. The maximum absolute atomic E-state index is 15.2. The maximum Gasteiger partial charge on any atom is 0.395 e. The Labute approximate surface area is 189 Å². The van der Waals surface area contributed by atoms with Gasteiger partial charge in [-0.05, 0) is 62.4 Å². The molecule has 2 atom stereocenters. The fraction of sp³-hybridized carbons (Fsp3) is 0.364. The van der Waals surface area contributed by atoms with Crippen LogP contribution in [-0.4, -0.2) is 48.7 Å². The van der Waals surface area contributed by atoms with E-state index in [1.807, 2.05) is 0 Å². The van der Waals surface area contributed by atoms with Crippen LogP contribution in [0.25, 0.3) is 0 Å². The summed E-state index contributed by atoms with van der Waals surface area (Å²) in [5.74, 6) is -24.3. The highest BCUT2D eigenvalue weighted by Crippen LogP contribution is 2.68. The molecule has 0 aliphatic heterocycles. The summed E-state index contributed by atoms with van der Waals surface area (Å²) in [7, 11) is 0. The van der Waals surface area contributed by atoms with Gasteiger partial charge in [0.05, 0.1) is 24.3 Å². The molecule has 0 heterocycles. The molecule has 0 amide bonds. The van der Waals surface area contributed by atoms with Crippen molar-refractivity contribution in [1.82, 2.24) is 0 Å². The summed E-state index contributed by atoms with van der Waals surface area (Å²) < 4.78 is 105. The molecule has 1 aliphatic rings. The summed E-state index contributed by atoms with van der Waals surface area (Å²) in [5.41, 5.74) is -0.144. The number of ether oxygens (including phenoxy) is 4. The minimum Gasteiger partial charge on any atom is -0.462 e. The molecule has 2 unspecified atom stereocenters. The molecule has 3 rings (SSSR count). The number of hydrogen-bond acceptors (Lipinski definition) is 6. The van der Waals surface area contributed by atoms with Crippen molar-refractivity contribution in [3.63, 3.8) is 0 Å². The molecule has 0 aromatic heterocycles. The van der Waals surface area contributed by atoms with Crippen molar-refractivity contribution in [2.24, 2.45) is 0 Å². The van der Waals surface area contributed by atoms with E-state index in [-0.39, 0.29) is 24.3 Å². The van der Waals surface area contributed by atoms with Crippen molar-refractivity contribution in [2.75, 3.05) is 13.2 Å². The molecule has 0 saturated heterocycles. The number of alkyl halides is 6. The van der Waals surface area contributed by atoms with Crippen molar-refractivity contribution in [2.45, 2.75) is 37.4 Å². The van der Waals surface area contributed by atoms with E-state index < -0.39 is 47.0 Å². The van der Waals surface area contributed by atoms with Crippen LogP contribution in [0.4, 0.5) is 26.3 Å². The fourth-order valence-corrected chi connectivity index (χ4v) is 3.08. The summed E-state index contributed by atoms with van der Waals surface area (Å²) in [6.45, 7) is 3.14. The Balaban J connectivity index is 1.88. The molecule has 2 aromatic rings. The lowest BCUT2D eigenvalue weighted by atomic mass is 9.76. The molecule has 12 heteroatoms. The van der Waals surface area contributed by atoms with Crippen molar-refractivity contribution in [3.05, 3.63) is 59.7 Å². The average Bonchev–Trinajstić information content (AvgIpc) is 2.79. The van der Waals surface area contributed by atoms with E-state index in [1.165, 1.54) is 13.8 Å². The zero-order valence-electron chi connectivity index (χ0n) is 17.8.